The quantitative estimate of drug-likeness (QED) is 0.168. The summed E-state index contributed by atoms with van der Waals surface area (Å²) in [6.45, 7) is 0. The van der Waals surface area contributed by atoms with Gasteiger partial charge in [-0.05, 0) is 67.9 Å². The molecule has 0 spiro atoms. The summed E-state index contributed by atoms with van der Waals surface area (Å²) in [7, 11) is 0. The summed E-state index contributed by atoms with van der Waals surface area (Å²) in [5, 5.41) is 4.86. The molecule has 60 heavy (non-hydrogen) atoms. The highest BCUT2D eigenvalue weighted by Gasteiger charge is 2.46. The van der Waals surface area contributed by atoms with Gasteiger partial charge in [0.1, 0.15) is 0 Å². The molecule has 280 valence electrons. The number of fused-ring (bicyclic) bond motifs is 7. The molecule has 9 aromatic carbocycles. The van der Waals surface area contributed by atoms with Gasteiger partial charge >= 0.3 is 0 Å². The lowest BCUT2D eigenvalue weighted by Gasteiger charge is -2.34. The van der Waals surface area contributed by atoms with Crippen LogP contribution in [0.5, 0.6) is 0 Å². The summed E-state index contributed by atoms with van der Waals surface area (Å²) in [6, 6.07) is 79.2. The van der Waals surface area contributed by atoms with Crippen molar-refractivity contribution >= 4 is 42.3 Å². The molecule has 2 aromatic heterocycles. The second kappa shape index (κ2) is 13.8. The number of aromatic nitrogens is 2. The van der Waals surface area contributed by atoms with E-state index in [9.17, 15) is 0 Å². The van der Waals surface area contributed by atoms with Crippen molar-refractivity contribution in [1.29, 1.82) is 0 Å². The molecule has 1 aliphatic carbocycles. The third kappa shape index (κ3) is 5.26. The molecule has 12 rings (SSSR count). The predicted molar refractivity (Wildman–Crippen MR) is 251 cm³/mol. The Balaban J connectivity index is 1.12. The number of rotatable bonds is 6. The summed E-state index contributed by atoms with van der Waals surface area (Å²) in [5.74, 6) is 0.704. The normalized spacial score (nSPS) is 12.8. The topological polar surface area (TPSA) is 25.8 Å². The molecule has 0 saturated heterocycles. The largest absolute Gasteiger partial charge is 0.228 e. The molecule has 0 bridgehead atoms. The first-order chi connectivity index (χ1) is 29.8. The maximum absolute atomic E-state index is 5.49. The van der Waals surface area contributed by atoms with Crippen LogP contribution in [0.15, 0.2) is 218 Å². The molecule has 0 radical (unpaired) electrons. The van der Waals surface area contributed by atoms with Crippen LogP contribution < -0.4 is 0 Å². The van der Waals surface area contributed by atoms with Crippen LogP contribution >= 0.6 is 11.3 Å². The minimum Gasteiger partial charge on any atom is -0.228 e. The fourth-order valence-corrected chi connectivity index (χ4v) is 11.0. The van der Waals surface area contributed by atoms with Crippen molar-refractivity contribution in [2.45, 2.75) is 5.41 Å². The minimum atomic E-state index is -0.520. The van der Waals surface area contributed by atoms with Gasteiger partial charge in [-0.2, -0.15) is 0 Å². The molecule has 0 aliphatic heterocycles. The Morgan fingerprint density at radius 2 is 0.917 bits per heavy atom. The average Bonchev–Trinajstić information content (AvgIpc) is 3.86. The SMILES string of the molecule is c1ccc(C2(c3ccccc3)c3ccccc3-c3ccc(-c4cc(-c5ccccc5-c5cccc6c5sc5ccccc56)nc(-c5cccc6ccccc56)n4)cc32)cc1. The smallest absolute Gasteiger partial charge is 0.161 e. The van der Waals surface area contributed by atoms with E-state index in [4.69, 9.17) is 9.97 Å². The van der Waals surface area contributed by atoms with Gasteiger partial charge in [-0.3, -0.25) is 0 Å². The number of hydrogen-bond acceptors (Lipinski definition) is 3. The van der Waals surface area contributed by atoms with Crippen LogP contribution in [0.2, 0.25) is 0 Å². The van der Waals surface area contributed by atoms with Gasteiger partial charge in [0.2, 0.25) is 0 Å². The van der Waals surface area contributed by atoms with Crippen molar-refractivity contribution in [2.75, 3.05) is 0 Å². The molecule has 0 saturated carbocycles. The number of thiophene rings is 1. The van der Waals surface area contributed by atoms with Crippen LogP contribution in [-0.2, 0) is 5.41 Å². The molecule has 3 heteroatoms. The van der Waals surface area contributed by atoms with Crippen molar-refractivity contribution in [1.82, 2.24) is 9.97 Å². The fraction of sp³-hybridized carbons (Fsp3) is 0.0175. The summed E-state index contributed by atoms with van der Waals surface area (Å²) >= 11 is 1.86. The van der Waals surface area contributed by atoms with Gasteiger partial charge in [-0.1, -0.05) is 200 Å². The lowest BCUT2D eigenvalue weighted by molar-refractivity contribution is 0.768. The molecular weight excluding hydrogens is 745 g/mol. The van der Waals surface area contributed by atoms with Crippen molar-refractivity contribution in [2.24, 2.45) is 0 Å². The van der Waals surface area contributed by atoms with Gasteiger partial charge in [0.15, 0.2) is 5.82 Å². The third-order valence-electron chi connectivity index (χ3n) is 12.4. The molecule has 0 fully saturated rings. The average molecular weight is 781 g/mol. The van der Waals surface area contributed by atoms with E-state index in [0.29, 0.717) is 5.82 Å². The monoisotopic (exact) mass is 780 g/mol. The van der Waals surface area contributed by atoms with E-state index in [1.165, 1.54) is 59.1 Å². The number of benzene rings is 9. The molecule has 0 N–H and O–H groups in total. The van der Waals surface area contributed by atoms with Crippen LogP contribution in [0, 0.1) is 0 Å². The lowest BCUT2D eigenvalue weighted by Crippen LogP contribution is -2.28. The van der Waals surface area contributed by atoms with Crippen molar-refractivity contribution in [3.8, 4) is 56.2 Å². The lowest BCUT2D eigenvalue weighted by atomic mass is 9.67. The number of hydrogen-bond donors (Lipinski definition) is 0. The van der Waals surface area contributed by atoms with Crippen LogP contribution in [0.25, 0.3) is 87.1 Å². The van der Waals surface area contributed by atoms with Crippen LogP contribution in [0.1, 0.15) is 22.3 Å². The zero-order valence-corrected chi connectivity index (χ0v) is 33.4. The van der Waals surface area contributed by atoms with E-state index in [1.54, 1.807) is 0 Å². The first kappa shape index (κ1) is 34.6. The van der Waals surface area contributed by atoms with Gasteiger partial charge < -0.3 is 0 Å². The van der Waals surface area contributed by atoms with Crippen LogP contribution in [0.3, 0.4) is 0 Å². The van der Waals surface area contributed by atoms with Crippen molar-refractivity contribution in [3.05, 3.63) is 241 Å². The predicted octanol–water partition coefficient (Wildman–Crippen LogP) is 15.0. The Morgan fingerprint density at radius 1 is 0.350 bits per heavy atom. The Hall–Kier alpha value is -7.46. The van der Waals surface area contributed by atoms with E-state index in [-0.39, 0.29) is 0 Å². The standard InChI is InChI=1S/C57H36N2S/c1-3-19-39(20-4-1)57(40-21-5-2-6-22-40)50-31-13-11-25-43(50)44-34-33-38(35-51(44)57)52-36-53(59-56(58-52)49-30-15-18-37-17-7-8-23-41(37)49)45-26-10-9-24-42(45)47-28-16-29-48-46-27-12-14-32-54(46)60-55(47)48/h1-36H. The van der Waals surface area contributed by atoms with Crippen LogP contribution in [-0.4, -0.2) is 9.97 Å². The molecule has 0 unspecified atom stereocenters. The maximum Gasteiger partial charge on any atom is 0.161 e. The first-order valence-electron chi connectivity index (χ1n) is 20.5. The maximum atomic E-state index is 5.49. The Bertz CT molecular complexity index is 3390. The van der Waals surface area contributed by atoms with E-state index >= 15 is 0 Å². The Kier molecular flexibility index (Phi) is 7.97. The van der Waals surface area contributed by atoms with E-state index in [1.807, 2.05) is 11.3 Å². The molecule has 2 heterocycles. The van der Waals surface area contributed by atoms with Gasteiger partial charge in [0.25, 0.3) is 0 Å². The molecular formula is C57H36N2S. The molecule has 1 aliphatic rings. The van der Waals surface area contributed by atoms with Gasteiger partial charge in [-0.25, -0.2) is 9.97 Å². The molecule has 0 amide bonds. The third-order valence-corrected chi connectivity index (χ3v) is 13.6. The number of nitrogens with zero attached hydrogens (tertiary/aromatic N) is 2. The Morgan fingerprint density at radius 3 is 1.73 bits per heavy atom. The summed E-state index contributed by atoms with van der Waals surface area (Å²) in [4.78, 5) is 11.0. The molecule has 0 atom stereocenters. The van der Waals surface area contributed by atoms with Gasteiger partial charge in [0.05, 0.1) is 16.8 Å². The molecule has 11 aromatic rings. The van der Waals surface area contributed by atoms with Gasteiger partial charge in [-0.15, -0.1) is 11.3 Å². The highest BCUT2D eigenvalue weighted by molar-refractivity contribution is 7.26. The second-order valence-corrected chi connectivity index (χ2v) is 16.7. The minimum absolute atomic E-state index is 0.520. The van der Waals surface area contributed by atoms with Gasteiger partial charge in [0, 0.05) is 42.4 Å². The highest BCUT2D eigenvalue weighted by Crippen LogP contribution is 2.56. The summed E-state index contributed by atoms with van der Waals surface area (Å²) in [5.41, 5.74) is 14.3. The first-order valence-corrected chi connectivity index (χ1v) is 21.3. The van der Waals surface area contributed by atoms with Crippen molar-refractivity contribution < 1.29 is 0 Å². The fourth-order valence-electron chi connectivity index (χ4n) is 9.78. The summed E-state index contributed by atoms with van der Waals surface area (Å²) < 4.78 is 2.58. The Labute approximate surface area is 352 Å². The summed E-state index contributed by atoms with van der Waals surface area (Å²) in [6.07, 6.45) is 0. The zero-order valence-electron chi connectivity index (χ0n) is 32.6. The van der Waals surface area contributed by atoms with Crippen LogP contribution in [0.4, 0.5) is 0 Å². The molecule has 2 nitrogen and oxygen atoms in total. The van der Waals surface area contributed by atoms with E-state index in [0.717, 1.165) is 44.4 Å². The highest BCUT2D eigenvalue weighted by atomic mass is 32.1. The van der Waals surface area contributed by atoms with Crippen molar-refractivity contribution in [3.63, 3.8) is 0 Å². The van der Waals surface area contributed by atoms with E-state index < -0.39 is 5.41 Å². The zero-order chi connectivity index (χ0) is 39.6. The van der Waals surface area contributed by atoms with E-state index in [2.05, 4.69) is 218 Å². The second-order valence-electron chi connectivity index (χ2n) is 15.6.